The zero-order valence-electron chi connectivity index (χ0n) is 10.7. The Morgan fingerprint density at radius 1 is 1.35 bits per heavy atom. The lowest BCUT2D eigenvalue weighted by Gasteiger charge is -2.23. The number of ether oxygens (including phenoxy) is 1. The highest BCUT2D eigenvalue weighted by molar-refractivity contribution is 7.98. The van der Waals surface area contributed by atoms with Crippen LogP contribution in [0.3, 0.4) is 0 Å². The number of hydrogen-bond donors (Lipinski definition) is 1. The van der Waals surface area contributed by atoms with Gasteiger partial charge in [-0.3, -0.25) is 0 Å². The Balaban J connectivity index is 2.13. The number of hydrogen-bond acceptors (Lipinski definition) is 3. The van der Waals surface area contributed by atoms with Crippen LogP contribution in [0.15, 0.2) is 23.1 Å². The van der Waals surface area contributed by atoms with E-state index in [4.69, 9.17) is 4.74 Å². The van der Waals surface area contributed by atoms with Gasteiger partial charge in [-0.1, -0.05) is 12.1 Å². The van der Waals surface area contributed by atoms with Crippen molar-refractivity contribution < 1.29 is 4.74 Å². The number of para-hydroxylation sites is 1. The molecule has 1 aromatic carbocycles. The SMILES string of the molecule is COc1c(CC2CCNCC2)cccc1SC. The summed E-state index contributed by atoms with van der Waals surface area (Å²) in [5.41, 5.74) is 1.37. The normalized spacial score (nSPS) is 17.1. The molecule has 2 rings (SSSR count). The molecule has 1 aliphatic rings. The van der Waals surface area contributed by atoms with Gasteiger partial charge in [0.1, 0.15) is 5.75 Å². The van der Waals surface area contributed by atoms with Gasteiger partial charge in [-0.05, 0) is 56.2 Å². The monoisotopic (exact) mass is 251 g/mol. The van der Waals surface area contributed by atoms with Gasteiger partial charge in [-0.25, -0.2) is 0 Å². The summed E-state index contributed by atoms with van der Waals surface area (Å²) in [6, 6.07) is 6.49. The van der Waals surface area contributed by atoms with Gasteiger partial charge >= 0.3 is 0 Å². The zero-order valence-corrected chi connectivity index (χ0v) is 11.5. The Hall–Kier alpha value is -0.670. The molecule has 1 N–H and O–H groups in total. The summed E-state index contributed by atoms with van der Waals surface area (Å²) >= 11 is 1.76. The van der Waals surface area contributed by atoms with E-state index in [-0.39, 0.29) is 0 Å². The second-order valence-corrected chi connectivity index (χ2v) is 5.40. The first-order chi connectivity index (χ1) is 8.35. The molecule has 17 heavy (non-hydrogen) atoms. The average molecular weight is 251 g/mol. The van der Waals surface area contributed by atoms with E-state index in [2.05, 4.69) is 29.8 Å². The standard InChI is InChI=1S/C14H21NOS/c1-16-14-12(4-3-5-13(14)17-2)10-11-6-8-15-9-7-11/h3-5,11,15H,6-10H2,1-2H3. The van der Waals surface area contributed by atoms with E-state index in [0.29, 0.717) is 0 Å². The molecule has 0 amide bonds. The lowest BCUT2D eigenvalue weighted by Crippen LogP contribution is -2.28. The highest BCUT2D eigenvalue weighted by atomic mass is 32.2. The Labute approximate surface area is 108 Å². The molecule has 1 heterocycles. The molecule has 1 fully saturated rings. The Morgan fingerprint density at radius 3 is 2.76 bits per heavy atom. The van der Waals surface area contributed by atoms with Crippen LogP contribution in [0.4, 0.5) is 0 Å². The second-order valence-electron chi connectivity index (χ2n) is 4.55. The van der Waals surface area contributed by atoms with Crippen LogP contribution in [-0.2, 0) is 6.42 Å². The predicted octanol–water partition coefficient (Wildman–Crippen LogP) is 2.96. The molecule has 1 saturated heterocycles. The summed E-state index contributed by atoms with van der Waals surface area (Å²) in [6.45, 7) is 2.32. The summed E-state index contributed by atoms with van der Waals surface area (Å²) in [7, 11) is 1.78. The molecule has 0 spiro atoms. The number of benzene rings is 1. The molecule has 0 bridgehead atoms. The molecule has 2 nitrogen and oxygen atoms in total. The summed E-state index contributed by atoms with van der Waals surface area (Å²) < 4.78 is 5.57. The summed E-state index contributed by atoms with van der Waals surface area (Å²) in [4.78, 5) is 1.25. The molecular formula is C14H21NOS. The van der Waals surface area contributed by atoms with E-state index in [1.54, 1.807) is 18.9 Å². The molecule has 0 atom stereocenters. The number of piperidine rings is 1. The minimum atomic E-state index is 0.808. The molecule has 94 valence electrons. The van der Waals surface area contributed by atoms with Crippen molar-refractivity contribution in [2.45, 2.75) is 24.2 Å². The summed E-state index contributed by atoms with van der Waals surface area (Å²) in [5.74, 6) is 1.89. The smallest absolute Gasteiger partial charge is 0.135 e. The second kappa shape index (κ2) is 6.31. The van der Waals surface area contributed by atoms with Crippen molar-refractivity contribution in [2.75, 3.05) is 26.5 Å². The first-order valence-corrected chi connectivity index (χ1v) is 7.48. The van der Waals surface area contributed by atoms with Gasteiger partial charge in [0.05, 0.1) is 7.11 Å². The third-order valence-electron chi connectivity index (χ3n) is 3.45. The lowest BCUT2D eigenvalue weighted by molar-refractivity contribution is 0.358. The van der Waals surface area contributed by atoms with E-state index in [1.807, 2.05) is 0 Å². The Morgan fingerprint density at radius 2 is 2.12 bits per heavy atom. The van der Waals surface area contributed by atoms with E-state index < -0.39 is 0 Å². The highest BCUT2D eigenvalue weighted by Crippen LogP contribution is 2.33. The van der Waals surface area contributed by atoms with Gasteiger partial charge in [-0.2, -0.15) is 0 Å². The number of methoxy groups -OCH3 is 1. The van der Waals surface area contributed by atoms with Crippen LogP contribution in [-0.4, -0.2) is 26.5 Å². The minimum Gasteiger partial charge on any atom is -0.495 e. The molecule has 0 unspecified atom stereocenters. The molecule has 0 saturated carbocycles. The quantitative estimate of drug-likeness (QED) is 0.831. The number of thioether (sulfide) groups is 1. The van der Waals surface area contributed by atoms with Crippen molar-refractivity contribution >= 4 is 11.8 Å². The van der Waals surface area contributed by atoms with Gasteiger partial charge in [0.15, 0.2) is 0 Å². The number of rotatable bonds is 4. The van der Waals surface area contributed by atoms with Gasteiger partial charge in [-0.15, -0.1) is 11.8 Å². The van der Waals surface area contributed by atoms with E-state index >= 15 is 0 Å². The molecular weight excluding hydrogens is 230 g/mol. The first-order valence-electron chi connectivity index (χ1n) is 6.25. The highest BCUT2D eigenvalue weighted by Gasteiger charge is 2.16. The third kappa shape index (κ3) is 3.17. The molecule has 1 aliphatic heterocycles. The van der Waals surface area contributed by atoms with Crippen LogP contribution in [0, 0.1) is 5.92 Å². The zero-order chi connectivity index (χ0) is 12.1. The van der Waals surface area contributed by atoms with E-state index in [0.717, 1.165) is 31.2 Å². The van der Waals surface area contributed by atoms with Crippen LogP contribution in [0.25, 0.3) is 0 Å². The first kappa shape index (κ1) is 12.8. The van der Waals surface area contributed by atoms with Crippen LogP contribution >= 0.6 is 11.8 Å². The van der Waals surface area contributed by atoms with Crippen LogP contribution < -0.4 is 10.1 Å². The summed E-state index contributed by atoms with van der Waals surface area (Å²) in [5, 5.41) is 3.42. The molecule has 1 aromatic rings. The maximum atomic E-state index is 5.57. The lowest BCUT2D eigenvalue weighted by atomic mass is 9.90. The largest absolute Gasteiger partial charge is 0.495 e. The van der Waals surface area contributed by atoms with Gasteiger partial charge < -0.3 is 10.1 Å². The molecule has 0 radical (unpaired) electrons. The maximum absolute atomic E-state index is 5.57. The predicted molar refractivity (Wildman–Crippen MR) is 74.1 cm³/mol. The van der Waals surface area contributed by atoms with Crippen molar-refractivity contribution in [3.05, 3.63) is 23.8 Å². The topological polar surface area (TPSA) is 21.3 Å². The fourth-order valence-electron chi connectivity index (χ4n) is 2.51. The van der Waals surface area contributed by atoms with Crippen LogP contribution in [0.1, 0.15) is 18.4 Å². The van der Waals surface area contributed by atoms with Crippen molar-refractivity contribution in [1.29, 1.82) is 0 Å². The summed E-state index contributed by atoms with van der Waals surface area (Å²) in [6.07, 6.45) is 5.82. The van der Waals surface area contributed by atoms with Crippen LogP contribution in [0.5, 0.6) is 5.75 Å². The van der Waals surface area contributed by atoms with Crippen LogP contribution in [0.2, 0.25) is 0 Å². The Bertz CT molecular complexity index is 361. The van der Waals surface area contributed by atoms with E-state index in [1.165, 1.54) is 23.3 Å². The van der Waals surface area contributed by atoms with Crippen molar-refractivity contribution in [2.24, 2.45) is 5.92 Å². The third-order valence-corrected chi connectivity index (χ3v) is 4.21. The van der Waals surface area contributed by atoms with Gasteiger partial charge in [0.2, 0.25) is 0 Å². The maximum Gasteiger partial charge on any atom is 0.135 e. The molecule has 3 heteroatoms. The van der Waals surface area contributed by atoms with E-state index in [9.17, 15) is 0 Å². The Kier molecular flexibility index (Phi) is 4.75. The number of nitrogens with one attached hydrogen (secondary N) is 1. The van der Waals surface area contributed by atoms with Gasteiger partial charge in [0.25, 0.3) is 0 Å². The van der Waals surface area contributed by atoms with Crippen molar-refractivity contribution in [1.82, 2.24) is 5.32 Å². The fraction of sp³-hybridized carbons (Fsp3) is 0.571. The molecule has 0 aliphatic carbocycles. The minimum absolute atomic E-state index is 0.808. The van der Waals surface area contributed by atoms with Crippen molar-refractivity contribution in [3.63, 3.8) is 0 Å². The fourth-order valence-corrected chi connectivity index (χ4v) is 3.13. The molecule has 0 aromatic heterocycles. The van der Waals surface area contributed by atoms with Gasteiger partial charge in [0, 0.05) is 4.90 Å². The average Bonchev–Trinajstić information content (AvgIpc) is 2.39. The van der Waals surface area contributed by atoms with Crippen molar-refractivity contribution in [3.8, 4) is 5.75 Å².